The van der Waals surface area contributed by atoms with E-state index in [0.29, 0.717) is 28.6 Å². The van der Waals surface area contributed by atoms with Gasteiger partial charge < -0.3 is 18.9 Å². The van der Waals surface area contributed by atoms with Crippen molar-refractivity contribution in [1.82, 2.24) is 24.1 Å². The van der Waals surface area contributed by atoms with Crippen LogP contribution in [0, 0.1) is 0 Å². The van der Waals surface area contributed by atoms with Crippen LogP contribution in [-0.4, -0.2) is 30.8 Å². The Morgan fingerprint density at radius 1 is 0.248 bits per heavy atom. The standard InChI is InChI=1S/C117H108BN7/c1-112(2,3)80-50-57-98-91(62-80)92-63-81(113(4,5)6)51-58-99(92)122(98)86-54-56-97-103(70-86)125(107-88(74-39-27-20-28-40-74)66-84(116(13,14)15)67-89(107)75-41-29-21-30-42-75)105-72-87(123-100-59-52-82(114(7,8)9)64-93(100)94-65-83(115(10,11)12)53-60-101(94)123)71-104-106(105)118(97)96-55-49-79(73-37-25-19-26-38-73)61-102(96)124(104)108-90(76-43-31-22-32-44-76)68-85(117(16,17)18)69-95(108)111-120-109(77-45-33-23-34-46-77)119-110(121-111)78-47-35-24-36-48-78/h19-72H,1-18H3/i19D,25D,26D,37D,38D. The number of anilines is 6. The lowest BCUT2D eigenvalue weighted by Gasteiger charge is -2.46. The van der Waals surface area contributed by atoms with Crippen molar-refractivity contribution < 1.29 is 6.85 Å². The highest BCUT2D eigenvalue weighted by Gasteiger charge is 2.47. The number of aromatic nitrogens is 5. The molecule has 18 aromatic rings. The van der Waals surface area contributed by atoms with E-state index in [-0.39, 0.29) is 44.7 Å². The number of hydrogen-bond donors (Lipinski definition) is 0. The van der Waals surface area contributed by atoms with Crippen LogP contribution in [0.25, 0.3) is 134 Å². The first-order chi connectivity index (χ1) is 61.8. The fourth-order valence-corrected chi connectivity index (χ4v) is 19.0. The van der Waals surface area contributed by atoms with Gasteiger partial charge >= 0.3 is 0 Å². The third-order valence-corrected chi connectivity index (χ3v) is 25.9. The monoisotopic (exact) mass is 1630 g/mol. The Morgan fingerprint density at radius 3 is 0.928 bits per heavy atom. The predicted octanol–water partition coefficient (Wildman–Crippen LogP) is 29.6. The summed E-state index contributed by atoms with van der Waals surface area (Å²) in [6, 6.07) is 108. The molecule has 0 unspecified atom stereocenters. The summed E-state index contributed by atoms with van der Waals surface area (Å²) >= 11 is 0. The van der Waals surface area contributed by atoms with Gasteiger partial charge in [-0.1, -0.05) is 349 Å². The average Bonchev–Trinajstić information content (AvgIpc) is 0.816. The highest BCUT2D eigenvalue weighted by molar-refractivity contribution is 7.00. The van der Waals surface area contributed by atoms with E-state index in [1.165, 1.54) is 38.6 Å². The number of hydrogen-bond acceptors (Lipinski definition) is 5. The Bertz CT molecular complexity index is 7360. The van der Waals surface area contributed by atoms with Crippen LogP contribution in [-0.2, 0) is 32.5 Å². The zero-order valence-electron chi connectivity index (χ0n) is 80.0. The van der Waals surface area contributed by atoms with Gasteiger partial charge in [-0.3, -0.25) is 0 Å². The average molecular weight is 1630 g/mol. The molecular weight excluding hydrogens is 1510 g/mol. The van der Waals surface area contributed by atoms with Gasteiger partial charge in [0.15, 0.2) is 17.5 Å². The Hall–Kier alpha value is -13.4. The largest absolute Gasteiger partial charge is 0.310 e. The lowest BCUT2D eigenvalue weighted by atomic mass is 9.33. The minimum absolute atomic E-state index is 0.0865. The fraction of sp³-hybridized carbons (Fsp3) is 0.205. The Balaban J connectivity index is 1.03. The third-order valence-electron chi connectivity index (χ3n) is 25.9. The lowest BCUT2D eigenvalue weighted by molar-refractivity contribution is 0.590. The summed E-state index contributed by atoms with van der Waals surface area (Å²) in [6.45, 7) is 40.8. The van der Waals surface area contributed by atoms with E-state index in [2.05, 4.69) is 398 Å². The molecule has 0 atom stereocenters. The SMILES string of the molecule is [2H]c1c([2H])c([2H])c(-c2ccc3c(c2)N(c2c(-c4ccccc4)cc(C(C)(C)C)cc2-c2nc(-c4ccccc4)nc(-c4ccccc4)n2)c2cc(-n4c5ccc(C(C)(C)C)cc5c5cc(C(C)(C)C)ccc54)cc4c2B3c2ccc(-n3c5ccc(C(C)(C)C)cc5c5cc(C(C)(C)C)ccc53)cc2N4c2c(-c3ccccc3)cc(C(C)(C)C)cc2-c2ccccc2)c([2H])c1[2H]. The second kappa shape index (κ2) is 29.7. The summed E-state index contributed by atoms with van der Waals surface area (Å²) in [7, 11) is 0. The van der Waals surface area contributed by atoms with Crippen molar-refractivity contribution in [3.63, 3.8) is 0 Å². The van der Waals surface area contributed by atoms with Crippen LogP contribution in [0.1, 0.15) is 165 Å². The van der Waals surface area contributed by atoms with Gasteiger partial charge in [0.25, 0.3) is 6.71 Å². The molecule has 125 heavy (non-hydrogen) atoms. The van der Waals surface area contributed by atoms with Gasteiger partial charge in [0.1, 0.15) is 0 Å². The number of rotatable bonds is 11. The van der Waals surface area contributed by atoms with E-state index in [1.807, 2.05) is 42.5 Å². The summed E-state index contributed by atoms with van der Waals surface area (Å²) in [5.74, 6) is 1.42. The Morgan fingerprint density at radius 2 is 0.560 bits per heavy atom. The van der Waals surface area contributed by atoms with E-state index < -0.39 is 30.3 Å². The Labute approximate surface area is 745 Å². The molecule has 0 radical (unpaired) electrons. The molecule has 0 saturated heterocycles. The first-order valence-electron chi connectivity index (χ1n) is 46.6. The van der Waals surface area contributed by atoms with Crippen molar-refractivity contribution in [2.45, 2.75) is 157 Å². The van der Waals surface area contributed by atoms with E-state index in [4.69, 9.17) is 16.3 Å². The molecule has 614 valence electrons. The van der Waals surface area contributed by atoms with Gasteiger partial charge in [-0.05, 0) is 213 Å². The number of benzene rings is 15. The van der Waals surface area contributed by atoms with Gasteiger partial charge in [0.2, 0.25) is 0 Å². The van der Waals surface area contributed by atoms with Crippen molar-refractivity contribution in [3.05, 3.63) is 361 Å². The molecule has 0 aliphatic carbocycles. The van der Waals surface area contributed by atoms with Crippen molar-refractivity contribution >= 4 is 101 Å². The summed E-state index contributed by atoms with van der Waals surface area (Å²) in [6.07, 6.45) is 0. The highest BCUT2D eigenvalue weighted by atomic mass is 15.2. The molecule has 7 nitrogen and oxygen atoms in total. The summed E-state index contributed by atoms with van der Waals surface area (Å²) < 4.78 is 53.0. The quantitative estimate of drug-likeness (QED) is 0.121. The van der Waals surface area contributed by atoms with Gasteiger partial charge in [0, 0.05) is 83.4 Å². The molecule has 0 saturated carbocycles. The van der Waals surface area contributed by atoms with Crippen LogP contribution < -0.4 is 26.2 Å². The summed E-state index contributed by atoms with van der Waals surface area (Å²) in [4.78, 5) is 22.1. The molecule has 0 bridgehead atoms. The molecule has 0 amide bonds. The maximum Gasteiger partial charge on any atom is 0.252 e. The molecule has 8 heteroatoms. The zero-order valence-corrected chi connectivity index (χ0v) is 75.0. The first-order valence-corrected chi connectivity index (χ1v) is 44.1. The highest BCUT2D eigenvalue weighted by Crippen LogP contribution is 2.57. The van der Waals surface area contributed by atoms with E-state index in [1.54, 1.807) is 0 Å². The Kier molecular flexibility index (Phi) is 17.6. The molecule has 3 aromatic heterocycles. The maximum atomic E-state index is 9.99. The molecule has 2 aliphatic heterocycles. The van der Waals surface area contributed by atoms with Crippen molar-refractivity contribution in [2.75, 3.05) is 9.80 Å². The van der Waals surface area contributed by atoms with Crippen LogP contribution in [0.5, 0.6) is 0 Å². The van der Waals surface area contributed by atoms with Crippen LogP contribution in [0.2, 0.25) is 0 Å². The van der Waals surface area contributed by atoms with Gasteiger partial charge in [0.05, 0.1) is 46.0 Å². The fourth-order valence-electron chi connectivity index (χ4n) is 19.0. The molecule has 15 aromatic carbocycles. The third kappa shape index (κ3) is 14.1. The predicted molar refractivity (Wildman–Crippen MR) is 533 cm³/mol. The van der Waals surface area contributed by atoms with Crippen molar-refractivity contribution in [2.24, 2.45) is 0 Å². The smallest absolute Gasteiger partial charge is 0.252 e. The molecular formula is C117H108BN7. The van der Waals surface area contributed by atoms with Crippen molar-refractivity contribution in [3.8, 4) is 90.0 Å². The van der Waals surface area contributed by atoms with E-state index in [9.17, 15) is 5.48 Å². The van der Waals surface area contributed by atoms with Gasteiger partial charge in [-0.2, -0.15) is 0 Å². The molecule has 0 fully saturated rings. The van der Waals surface area contributed by atoms with E-state index >= 15 is 0 Å². The topological polar surface area (TPSA) is 55.0 Å². The van der Waals surface area contributed by atoms with Crippen LogP contribution in [0.4, 0.5) is 34.1 Å². The second-order valence-corrected chi connectivity index (χ2v) is 40.6. The second-order valence-electron chi connectivity index (χ2n) is 40.6. The minimum Gasteiger partial charge on any atom is -0.310 e. The lowest BCUT2D eigenvalue weighted by Crippen LogP contribution is -2.61. The number of fused-ring (bicyclic) bond motifs is 10. The van der Waals surface area contributed by atoms with Crippen LogP contribution >= 0.6 is 0 Å². The van der Waals surface area contributed by atoms with E-state index in [0.717, 1.165) is 145 Å². The zero-order chi connectivity index (χ0) is 91.1. The van der Waals surface area contributed by atoms with Crippen LogP contribution in [0.15, 0.2) is 327 Å². The van der Waals surface area contributed by atoms with Crippen molar-refractivity contribution in [1.29, 1.82) is 0 Å². The normalized spacial score (nSPS) is 13.7. The number of nitrogens with zero attached hydrogens (tertiary/aromatic N) is 7. The minimum atomic E-state index is -0.582. The molecule has 2 aliphatic rings. The summed E-state index contributed by atoms with van der Waals surface area (Å²) in [5, 5.41) is 4.62. The molecule has 0 spiro atoms. The maximum absolute atomic E-state index is 9.99. The summed E-state index contributed by atoms with van der Waals surface area (Å²) in [5.41, 5.74) is 28.8. The van der Waals surface area contributed by atoms with Crippen LogP contribution in [0.3, 0.4) is 0 Å². The van der Waals surface area contributed by atoms with Gasteiger partial charge in [-0.15, -0.1) is 0 Å². The van der Waals surface area contributed by atoms with Gasteiger partial charge in [-0.25, -0.2) is 15.0 Å². The molecule has 20 rings (SSSR count). The first kappa shape index (κ1) is 74.2. The molecule has 0 N–H and O–H groups in total. The molecule has 5 heterocycles.